The molecule has 0 bridgehead atoms. The van der Waals surface area contributed by atoms with Gasteiger partial charge in [0, 0.05) is 12.2 Å². The van der Waals surface area contributed by atoms with Crippen LogP contribution in [-0.4, -0.2) is 7.11 Å². The highest BCUT2D eigenvalue weighted by molar-refractivity contribution is 7.07. The molecule has 0 fully saturated rings. The standard InChI is InChI=1S/C13H15NOS/c1-10-7-12(3-4-13(10)15-2)14-8-11-5-6-16-9-11/h3-7,9,14H,8H2,1-2H3. The largest absolute Gasteiger partial charge is 0.496 e. The second kappa shape index (κ2) is 5.03. The zero-order valence-electron chi connectivity index (χ0n) is 9.49. The van der Waals surface area contributed by atoms with E-state index in [0.29, 0.717) is 0 Å². The molecule has 0 saturated heterocycles. The Morgan fingerprint density at radius 3 is 2.81 bits per heavy atom. The lowest BCUT2D eigenvalue weighted by Crippen LogP contribution is -1.98. The van der Waals surface area contributed by atoms with Crippen molar-refractivity contribution in [2.45, 2.75) is 13.5 Å². The smallest absolute Gasteiger partial charge is 0.121 e. The lowest BCUT2D eigenvalue weighted by Gasteiger charge is -2.09. The summed E-state index contributed by atoms with van der Waals surface area (Å²) in [4.78, 5) is 0. The molecule has 1 heterocycles. The molecule has 1 N–H and O–H groups in total. The van der Waals surface area contributed by atoms with Gasteiger partial charge in [0.1, 0.15) is 5.75 Å². The summed E-state index contributed by atoms with van der Waals surface area (Å²) in [6.07, 6.45) is 0. The van der Waals surface area contributed by atoms with Crippen LogP contribution in [0.1, 0.15) is 11.1 Å². The Balaban J connectivity index is 2.02. The minimum absolute atomic E-state index is 0.870. The van der Waals surface area contributed by atoms with Crippen molar-refractivity contribution in [2.24, 2.45) is 0 Å². The normalized spacial score (nSPS) is 10.1. The minimum atomic E-state index is 0.870. The average molecular weight is 233 g/mol. The van der Waals surface area contributed by atoms with E-state index in [2.05, 4.69) is 35.1 Å². The summed E-state index contributed by atoms with van der Waals surface area (Å²) in [5.41, 5.74) is 3.60. The molecule has 0 atom stereocenters. The van der Waals surface area contributed by atoms with Crippen molar-refractivity contribution in [3.05, 3.63) is 46.2 Å². The van der Waals surface area contributed by atoms with Crippen LogP contribution in [0.3, 0.4) is 0 Å². The molecule has 3 heteroatoms. The Labute approximate surface area is 99.9 Å². The van der Waals surface area contributed by atoms with Gasteiger partial charge >= 0.3 is 0 Å². The van der Waals surface area contributed by atoms with Crippen molar-refractivity contribution in [3.8, 4) is 5.75 Å². The van der Waals surface area contributed by atoms with Crippen LogP contribution in [0.4, 0.5) is 5.69 Å². The maximum absolute atomic E-state index is 5.22. The SMILES string of the molecule is COc1ccc(NCc2ccsc2)cc1C. The van der Waals surface area contributed by atoms with Gasteiger partial charge in [-0.2, -0.15) is 11.3 Å². The number of anilines is 1. The molecular weight excluding hydrogens is 218 g/mol. The Hall–Kier alpha value is -1.48. The molecule has 0 amide bonds. The van der Waals surface area contributed by atoms with Gasteiger partial charge < -0.3 is 10.1 Å². The van der Waals surface area contributed by atoms with Crippen LogP contribution in [0, 0.1) is 6.92 Å². The van der Waals surface area contributed by atoms with Crippen LogP contribution in [0.5, 0.6) is 5.75 Å². The fraction of sp³-hybridized carbons (Fsp3) is 0.231. The maximum atomic E-state index is 5.22. The van der Waals surface area contributed by atoms with Crippen molar-refractivity contribution in [2.75, 3.05) is 12.4 Å². The lowest BCUT2D eigenvalue weighted by molar-refractivity contribution is 0.412. The van der Waals surface area contributed by atoms with Gasteiger partial charge in [-0.25, -0.2) is 0 Å². The van der Waals surface area contributed by atoms with E-state index in [4.69, 9.17) is 4.74 Å². The fourth-order valence-corrected chi connectivity index (χ4v) is 2.25. The van der Waals surface area contributed by atoms with Crippen LogP contribution in [0.2, 0.25) is 0 Å². The molecule has 0 aliphatic heterocycles. The summed E-state index contributed by atoms with van der Waals surface area (Å²) in [7, 11) is 1.70. The van der Waals surface area contributed by atoms with E-state index in [1.54, 1.807) is 18.4 Å². The Bertz CT molecular complexity index is 451. The van der Waals surface area contributed by atoms with E-state index >= 15 is 0 Å². The van der Waals surface area contributed by atoms with Crippen LogP contribution < -0.4 is 10.1 Å². The first-order chi connectivity index (χ1) is 7.79. The van der Waals surface area contributed by atoms with Crippen molar-refractivity contribution in [3.63, 3.8) is 0 Å². The predicted molar refractivity (Wildman–Crippen MR) is 69.4 cm³/mol. The minimum Gasteiger partial charge on any atom is -0.496 e. The van der Waals surface area contributed by atoms with Gasteiger partial charge in [0.15, 0.2) is 0 Å². The Morgan fingerprint density at radius 2 is 2.19 bits per heavy atom. The molecule has 16 heavy (non-hydrogen) atoms. The fourth-order valence-electron chi connectivity index (χ4n) is 1.59. The van der Waals surface area contributed by atoms with Gasteiger partial charge in [-0.15, -0.1) is 0 Å². The first kappa shape index (κ1) is 11.0. The van der Waals surface area contributed by atoms with E-state index < -0.39 is 0 Å². The first-order valence-electron chi connectivity index (χ1n) is 5.19. The van der Waals surface area contributed by atoms with E-state index in [1.807, 2.05) is 12.1 Å². The molecule has 0 radical (unpaired) electrons. The Kier molecular flexibility index (Phi) is 3.47. The summed E-state index contributed by atoms with van der Waals surface area (Å²) >= 11 is 1.72. The second-order valence-electron chi connectivity index (χ2n) is 3.67. The number of hydrogen-bond acceptors (Lipinski definition) is 3. The van der Waals surface area contributed by atoms with Crippen LogP contribution in [0.25, 0.3) is 0 Å². The molecule has 0 aliphatic carbocycles. The molecule has 2 aromatic rings. The summed E-state index contributed by atoms with van der Waals surface area (Å²) in [6.45, 7) is 2.92. The van der Waals surface area contributed by atoms with E-state index in [9.17, 15) is 0 Å². The van der Waals surface area contributed by atoms with Gasteiger partial charge in [0.25, 0.3) is 0 Å². The van der Waals surface area contributed by atoms with Crippen molar-refractivity contribution < 1.29 is 4.74 Å². The number of ether oxygens (including phenoxy) is 1. The molecular formula is C13H15NOS. The molecule has 1 aromatic heterocycles. The third-order valence-electron chi connectivity index (χ3n) is 2.47. The highest BCUT2D eigenvalue weighted by Crippen LogP contribution is 2.21. The van der Waals surface area contributed by atoms with Crippen LogP contribution in [-0.2, 0) is 6.54 Å². The molecule has 2 nitrogen and oxygen atoms in total. The summed E-state index contributed by atoms with van der Waals surface area (Å²) in [6, 6.07) is 8.27. The predicted octanol–water partition coefficient (Wildman–Crippen LogP) is 3.68. The molecule has 1 aromatic carbocycles. The molecule has 0 spiro atoms. The third-order valence-corrected chi connectivity index (χ3v) is 3.20. The van der Waals surface area contributed by atoms with Gasteiger partial charge in [0.2, 0.25) is 0 Å². The summed E-state index contributed by atoms with van der Waals surface area (Å²) in [5, 5.41) is 7.64. The average Bonchev–Trinajstić information content (AvgIpc) is 2.79. The van der Waals surface area contributed by atoms with Crippen molar-refractivity contribution >= 4 is 17.0 Å². The molecule has 2 rings (SSSR count). The zero-order chi connectivity index (χ0) is 11.4. The van der Waals surface area contributed by atoms with Gasteiger partial charge in [-0.05, 0) is 53.1 Å². The van der Waals surface area contributed by atoms with Gasteiger partial charge in [-0.1, -0.05) is 0 Å². The molecule has 0 saturated carbocycles. The monoisotopic (exact) mass is 233 g/mol. The Morgan fingerprint density at radius 1 is 1.31 bits per heavy atom. The second-order valence-corrected chi connectivity index (χ2v) is 4.45. The lowest BCUT2D eigenvalue weighted by atomic mass is 10.2. The van der Waals surface area contributed by atoms with Crippen LogP contribution >= 0.6 is 11.3 Å². The number of nitrogens with one attached hydrogen (secondary N) is 1. The van der Waals surface area contributed by atoms with Gasteiger partial charge in [0.05, 0.1) is 7.11 Å². The summed E-state index contributed by atoms with van der Waals surface area (Å²) in [5.74, 6) is 0.932. The molecule has 0 aliphatic rings. The van der Waals surface area contributed by atoms with Crippen LogP contribution in [0.15, 0.2) is 35.0 Å². The number of benzene rings is 1. The number of hydrogen-bond donors (Lipinski definition) is 1. The third kappa shape index (κ3) is 2.55. The van der Waals surface area contributed by atoms with E-state index in [0.717, 1.165) is 23.5 Å². The van der Waals surface area contributed by atoms with Gasteiger partial charge in [-0.3, -0.25) is 0 Å². The number of aryl methyl sites for hydroxylation is 1. The quantitative estimate of drug-likeness (QED) is 0.869. The van der Waals surface area contributed by atoms with Crippen molar-refractivity contribution in [1.29, 1.82) is 0 Å². The number of thiophene rings is 1. The van der Waals surface area contributed by atoms with Crippen molar-refractivity contribution in [1.82, 2.24) is 0 Å². The first-order valence-corrected chi connectivity index (χ1v) is 6.13. The summed E-state index contributed by atoms with van der Waals surface area (Å²) < 4.78 is 5.22. The highest BCUT2D eigenvalue weighted by Gasteiger charge is 1.99. The van der Waals surface area contributed by atoms with E-state index in [1.165, 1.54) is 5.56 Å². The topological polar surface area (TPSA) is 21.3 Å². The molecule has 0 unspecified atom stereocenters. The number of rotatable bonds is 4. The number of methoxy groups -OCH3 is 1. The highest BCUT2D eigenvalue weighted by atomic mass is 32.1. The van der Waals surface area contributed by atoms with E-state index in [-0.39, 0.29) is 0 Å². The zero-order valence-corrected chi connectivity index (χ0v) is 10.3. The molecule has 84 valence electrons. The maximum Gasteiger partial charge on any atom is 0.121 e.